The van der Waals surface area contributed by atoms with Crippen molar-refractivity contribution in [2.24, 2.45) is 5.73 Å². The highest BCUT2D eigenvalue weighted by atomic mass is 79.9. The number of amides is 1. The van der Waals surface area contributed by atoms with Crippen LogP contribution in [-0.4, -0.2) is 15.9 Å². The third-order valence-corrected chi connectivity index (χ3v) is 2.49. The predicted octanol–water partition coefficient (Wildman–Crippen LogP) is 2.27. The molecule has 1 amide bonds. The summed E-state index contributed by atoms with van der Waals surface area (Å²) in [5, 5.41) is 0. The Kier molecular flexibility index (Phi) is 3.52. The summed E-state index contributed by atoms with van der Waals surface area (Å²) in [6.45, 7) is 0. The van der Waals surface area contributed by atoms with Gasteiger partial charge in [0.2, 0.25) is 0 Å². The normalized spacial score (nSPS) is 10.1. The van der Waals surface area contributed by atoms with Crippen LogP contribution in [0.3, 0.4) is 0 Å². The maximum absolute atomic E-state index is 13.5. The number of hydrogen-bond donors (Lipinski definition) is 1. The topological polar surface area (TPSA) is 78.1 Å². The number of nitrogens with zero attached hydrogens (tertiary/aromatic N) is 2. The van der Waals surface area contributed by atoms with Crippen molar-refractivity contribution in [2.75, 3.05) is 0 Å². The van der Waals surface area contributed by atoms with Crippen LogP contribution >= 0.6 is 15.9 Å². The van der Waals surface area contributed by atoms with Gasteiger partial charge in [0.1, 0.15) is 0 Å². The Balaban J connectivity index is 2.40. The molecule has 0 unspecified atom stereocenters. The fourth-order valence-corrected chi connectivity index (χ4v) is 1.57. The molecule has 0 aliphatic carbocycles. The molecule has 1 heterocycles. The summed E-state index contributed by atoms with van der Waals surface area (Å²) in [6.07, 6.45) is 2.61. The molecular weight excluding hydrogens is 305 g/mol. The molecule has 0 fully saturated rings. The third-order valence-electron chi connectivity index (χ3n) is 2.00. The molecule has 0 saturated carbocycles. The van der Waals surface area contributed by atoms with E-state index in [1.807, 2.05) is 0 Å². The van der Waals surface area contributed by atoms with E-state index >= 15 is 0 Å². The minimum absolute atomic E-state index is 0.0765. The first kappa shape index (κ1) is 12.4. The first-order chi connectivity index (χ1) is 8.58. The van der Waals surface area contributed by atoms with Crippen molar-refractivity contribution in [3.05, 3.63) is 46.6 Å². The molecule has 0 bridgehead atoms. The Hall–Kier alpha value is -2.02. The second-order valence-electron chi connectivity index (χ2n) is 3.25. The largest absolute Gasteiger partial charge is 0.434 e. The quantitative estimate of drug-likeness (QED) is 0.943. The van der Waals surface area contributed by atoms with Crippen molar-refractivity contribution >= 4 is 21.8 Å². The van der Waals surface area contributed by atoms with E-state index in [-0.39, 0.29) is 17.3 Å². The Labute approximate surface area is 110 Å². The van der Waals surface area contributed by atoms with E-state index in [4.69, 9.17) is 10.5 Å². The Morgan fingerprint density at radius 2 is 2.06 bits per heavy atom. The van der Waals surface area contributed by atoms with E-state index in [1.54, 1.807) is 0 Å². The Morgan fingerprint density at radius 1 is 1.33 bits per heavy atom. The summed E-state index contributed by atoms with van der Waals surface area (Å²) in [6, 6.07) is 4.16. The lowest BCUT2D eigenvalue weighted by atomic mass is 10.3. The van der Waals surface area contributed by atoms with Crippen molar-refractivity contribution in [3.63, 3.8) is 0 Å². The second-order valence-corrected chi connectivity index (χ2v) is 4.17. The molecule has 1 aromatic heterocycles. The van der Waals surface area contributed by atoms with Gasteiger partial charge in [-0.1, -0.05) is 15.9 Å². The molecule has 2 rings (SSSR count). The van der Waals surface area contributed by atoms with Gasteiger partial charge >= 0.3 is 0 Å². The predicted molar refractivity (Wildman–Crippen MR) is 64.7 cm³/mol. The molecule has 0 atom stereocenters. The molecule has 0 aliphatic heterocycles. The van der Waals surface area contributed by atoms with Crippen molar-refractivity contribution in [1.29, 1.82) is 0 Å². The van der Waals surface area contributed by atoms with Gasteiger partial charge in [0, 0.05) is 16.9 Å². The van der Waals surface area contributed by atoms with Gasteiger partial charge in [0.25, 0.3) is 11.8 Å². The van der Waals surface area contributed by atoms with Crippen molar-refractivity contribution < 1.29 is 13.9 Å². The maximum Gasteiger partial charge on any atom is 0.272 e. The molecule has 18 heavy (non-hydrogen) atoms. The molecule has 7 heteroatoms. The third kappa shape index (κ3) is 2.62. The highest BCUT2D eigenvalue weighted by Crippen LogP contribution is 2.27. The zero-order valence-electron chi connectivity index (χ0n) is 8.93. The number of nitrogens with two attached hydrogens (primary N) is 1. The van der Waals surface area contributed by atoms with Crippen LogP contribution in [0.5, 0.6) is 11.6 Å². The fraction of sp³-hybridized carbons (Fsp3) is 0. The summed E-state index contributed by atoms with van der Waals surface area (Å²) >= 11 is 3.18. The van der Waals surface area contributed by atoms with E-state index < -0.39 is 11.7 Å². The number of carbonyl (C=O) groups is 1. The summed E-state index contributed by atoms with van der Waals surface area (Å²) in [5.74, 6) is -1.60. The van der Waals surface area contributed by atoms with Gasteiger partial charge in [-0.3, -0.25) is 4.79 Å². The van der Waals surface area contributed by atoms with Crippen LogP contribution in [0.2, 0.25) is 0 Å². The number of benzene rings is 1. The lowest BCUT2D eigenvalue weighted by Gasteiger charge is -2.07. The highest BCUT2D eigenvalue weighted by molar-refractivity contribution is 9.10. The van der Waals surface area contributed by atoms with E-state index in [0.29, 0.717) is 4.47 Å². The Morgan fingerprint density at radius 3 is 2.78 bits per heavy atom. The summed E-state index contributed by atoms with van der Waals surface area (Å²) in [5.41, 5.74) is 4.96. The average molecular weight is 312 g/mol. The van der Waals surface area contributed by atoms with Crippen LogP contribution in [0.25, 0.3) is 0 Å². The maximum atomic E-state index is 13.5. The molecular formula is C11H7BrFN3O2. The van der Waals surface area contributed by atoms with Gasteiger partial charge < -0.3 is 10.5 Å². The van der Waals surface area contributed by atoms with Crippen LogP contribution in [0.15, 0.2) is 35.1 Å². The van der Waals surface area contributed by atoms with E-state index in [9.17, 15) is 9.18 Å². The monoisotopic (exact) mass is 311 g/mol. The zero-order valence-corrected chi connectivity index (χ0v) is 10.5. The molecule has 92 valence electrons. The number of hydrogen-bond acceptors (Lipinski definition) is 4. The Bertz CT molecular complexity index is 607. The second kappa shape index (κ2) is 5.09. The van der Waals surface area contributed by atoms with E-state index in [1.165, 1.54) is 30.6 Å². The van der Waals surface area contributed by atoms with Crippen molar-refractivity contribution in [1.82, 2.24) is 9.97 Å². The zero-order chi connectivity index (χ0) is 13.1. The smallest absolute Gasteiger partial charge is 0.272 e. The van der Waals surface area contributed by atoms with Gasteiger partial charge in [0.15, 0.2) is 17.3 Å². The molecule has 2 aromatic rings. The summed E-state index contributed by atoms with van der Waals surface area (Å²) in [7, 11) is 0. The fourth-order valence-electron chi connectivity index (χ4n) is 1.23. The van der Waals surface area contributed by atoms with Crippen molar-refractivity contribution in [2.45, 2.75) is 0 Å². The van der Waals surface area contributed by atoms with E-state index in [0.717, 1.165) is 0 Å². The van der Waals surface area contributed by atoms with Crippen LogP contribution in [-0.2, 0) is 0 Å². The van der Waals surface area contributed by atoms with Crippen LogP contribution in [0, 0.1) is 5.82 Å². The first-order valence-electron chi connectivity index (χ1n) is 4.81. The lowest BCUT2D eigenvalue weighted by molar-refractivity contribution is 0.0992. The molecule has 0 radical (unpaired) electrons. The van der Waals surface area contributed by atoms with Gasteiger partial charge in [-0.25, -0.2) is 14.4 Å². The number of carbonyl (C=O) groups excluding carboxylic acids is 1. The minimum atomic E-state index is -0.798. The molecule has 0 spiro atoms. The van der Waals surface area contributed by atoms with Gasteiger partial charge in [-0.05, 0) is 18.2 Å². The number of rotatable bonds is 3. The first-order valence-corrected chi connectivity index (χ1v) is 5.61. The lowest BCUT2D eigenvalue weighted by Crippen LogP contribution is -2.15. The van der Waals surface area contributed by atoms with Crippen LogP contribution in [0.4, 0.5) is 4.39 Å². The number of primary amides is 1. The molecule has 5 nitrogen and oxygen atoms in total. The van der Waals surface area contributed by atoms with Crippen LogP contribution < -0.4 is 10.5 Å². The van der Waals surface area contributed by atoms with Crippen molar-refractivity contribution in [3.8, 4) is 11.6 Å². The highest BCUT2D eigenvalue weighted by Gasteiger charge is 2.15. The SMILES string of the molecule is NC(=O)c1nccnc1Oc1cc(Br)ccc1F. The average Bonchev–Trinajstić information content (AvgIpc) is 2.34. The minimum Gasteiger partial charge on any atom is -0.434 e. The summed E-state index contributed by atoms with van der Waals surface area (Å²) < 4.78 is 19.3. The molecule has 0 aliphatic rings. The molecule has 1 aromatic carbocycles. The molecule has 2 N–H and O–H groups in total. The summed E-state index contributed by atoms with van der Waals surface area (Å²) in [4.78, 5) is 18.6. The van der Waals surface area contributed by atoms with Gasteiger partial charge in [-0.2, -0.15) is 0 Å². The van der Waals surface area contributed by atoms with Gasteiger partial charge in [0.05, 0.1) is 0 Å². The van der Waals surface area contributed by atoms with Gasteiger partial charge in [-0.15, -0.1) is 0 Å². The van der Waals surface area contributed by atoms with Crippen LogP contribution in [0.1, 0.15) is 10.5 Å². The molecule has 0 saturated heterocycles. The number of aromatic nitrogens is 2. The van der Waals surface area contributed by atoms with E-state index in [2.05, 4.69) is 25.9 Å². The number of ether oxygens (including phenoxy) is 1. The number of halogens is 2. The standard InChI is InChI=1S/C11H7BrFN3O2/c12-6-1-2-7(13)8(5-6)18-11-9(10(14)17)15-3-4-16-11/h1-5H,(H2,14,17).